The van der Waals surface area contributed by atoms with Crippen molar-refractivity contribution in [2.45, 2.75) is 32.1 Å². The second-order valence-electron chi connectivity index (χ2n) is 5.34. The van der Waals surface area contributed by atoms with Gasteiger partial charge in [0.15, 0.2) is 0 Å². The fourth-order valence-electron chi connectivity index (χ4n) is 2.76. The van der Waals surface area contributed by atoms with E-state index in [9.17, 15) is 10.1 Å². The quantitative estimate of drug-likeness (QED) is 0.910. The van der Waals surface area contributed by atoms with Crippen LogP contribution in [-0.2, 0) is 24.1 Å². The number of hydrogen-bond acceptors (Lipinski definition) is 3. The minimum atomic E-state index is -0.136. The van der Waals surface area contributed by atoms with Crippen LogP contribution in [0.15, 0.2) is 24.3 Å². The number of nitrogens with one attached hydrogen (secondary N) is 1. The van der Waals surface area contributed by atoms with Crippen molar-refractivity contribution >= 4 is 33.8 Å². The SMILES string of the molecule is N#Cc1c(NC(=O)Cc2ccccc2Cl)sc2c1CCCC2. The van der Waals surface area contributed by atoms with Gasteiger partial charge in [-0.15, -0.1) is 11.3 Å². The lowest BCUT2D eigenvalue weighted by Gasteiger charge is -2.09. The summed E-state index contributed by atoms with van der Waals surface area (Å²) < 4.78 is 0. The number of benzene rings is 1. The minimum Gasteiger partial charge on any atom is -0.316 e. The predicted molar refractivity (Wildman–Crippen MR) is 89.5 cm³/mol. The Morgan fingerprint density at radius 3 is 2.86 bits per heavy atom. The number of hydrogen-bond donors (Lipinski definition) is 1. The van der Waals surface area contributed by atoms with Crippen molar-refractivity contribution in [3.05, 3.63) is 50.9 Å². The highest BCUT2D eigenvalue weighted by molar-refractivity contribution is 7.16. The second-order valence-corrected chi connectivity index (χ2v) is 6.86. The van der Waals surface area contributed by atoms with Gasteiger partial charge in [0.2, 0.25) is 5.91 Å². The van der Waals surface area contributed by atoms with Crippen LogP contribution in [0.1, 0.15) is 34.4 Å². The number of amides is 1. The van der Waals surface area contributed by atoms with Crippen molar-refractivity contribution in [3.8, 4) is 6.07 Å². The monoisotopic (exact) mass is 330 g/mol. The van der Waals surface area contributed by atoms with E-state index in [1.54, 1.807) is 17.4 Å². The molecular formula is C17H15ClN2OS. The van der Waals surface area contributed by atoms with Crippen molar-refractivity contribution in [1.82, 2.24) is 0 Å². The molecule has 1 aliphatic rings. The Morgan fingerprint density at radius 1 is 1.32 bits per heavy atom. The van der Waals surface area contributed by atoms with Gasteiger partial charge in [0.1, 0.15) is 11.1 Å². The molecule has 1 aromatic carbocycles. The van der Waals surface area contributed by atoms with Crippen molar-refractivity contribution in [2.24, 2.45) is 0 Å². The molecule has 22 heavy (non-hydrogen) atoms. The Kier molecular flexibility index (Phi) is 4.47. The Bertz CT molecular complexity index is 761. The van der Waals surface area contributed by atoms with Crippen LogP contribution in [0.5, 0.6) is 0 Å². The van der Waals surface area contributed by atoms with E-state index in [-0.39, 0.29) is 12.3 Å². The summed E-state index contributed by atoms with van der Waals surface area (Å²) >= 11 is 7.62. The van der Waals surface area contributed by atoms with E-state index in [1.165, 1.54) is 4.88 Å². The third kappa shape index (κ3) is 3.01. The third-order valence-corrected chi connectivity index (χ3v) is 5.42. The molecule has 1 N–H and O–H groups in total. The van der Waals surface area contributed by atoms with E-state index in [4.69, 9.17) is 11.6 Å². The highest BCUT2D eigenvalue weighted by atomic mass is 35.5. The Balaban J connectivity index is 1.79. The van der Waals surface area contributed by atoms with Crippen LogP contribution in [0.4, 0.5) is 5.00 Å². The number of nitriles is 1. The van der Waals surface area contributed by atoms with Gasteiger partial charge in [-0.25, -0.2) is 0 Å². The molecule has 1 aliphatic carbocycles. The van der Waals surface area contributed by atoms with Crippen LogP contribution >= 0.6 is 22.9 Å². The van der Waals surface area contributed by atoms with Crippen LogP contribution in [0.3, 0.4) is 0 Å². The molecule has 0 atom stereocenters. The first kappa shape index (κ1) is 15.1. The molecule has 5 heteroatoms. The Labute approximate surface area is 138 Å². The minimum absolute atomic E-state index is 0.136. The average Bonchev–Trinajstić information content (AvgIpc) is 2.86. The zero-order valence-electron chi connectivity index (χ0n) is 12.0. The van der Waals surface area contributed by atoms with Crippen LogP contribution < -0.4 is 5.32 Å². The van der Waals surface area contributed by atoms with Crippen molar-refractivity contribution in [3.63, 3.8) is 0 Å². The van der Waals surface area contributed by atoms with Gasteiger partial charge in [-0.3, -0.25) is 4.79 Å². The van der Waals surface area contributed by atoms with E-state index in [1.807, 2.05) is 18.2 Å². The van der Waals surface area contributed by atoms with Gasteiger partial charge < -0.3 is 5.32 Å². The first-order chi connectivity index (χ1) is 10.7. The fourth-order valence-corrected chi connectivity index (χ4v) is 4.22. The molecule has 0 saturated heterocycles. The molecule has 1 aromatic heterocycles. The first-order valence-corrected chi connectivity index (χ1v) is 8.46. The number of carbonyl (C=O) groups excluding carboxylic acids is 1. The number of aryl methyl sites for hydroxylation is 1. The largest absolute Gasteiger partial charge is 0.316 e. The van der Waals surface area contributed by atoms with Crippen molar-refractivity contribution in [1.29, 1.82) is 5.26 Å². The van der Waals surface area contributed by atoms with Crippen molar-refractivity contribution in [2.75, 3.05) is 5.32 Å². The zero-order chi connectivity index (χ0) is 15.5. The highest BCUT2D eigenvalue weighted by Gasteiger charge is 2.21. The summed E-state index contributed by atoms with van der Waals surface area (Å²) in [5.41, 5.74) is 2.57. The molecule has 1 heterocycles. The summed E-state index contributed by atoms with van der Waals surface area (Å²) in [5, 5.41) is 13.6. The van der Waals surface area contributed by atoms with Gasteiger partial charge in [0, 0.05) is 9.90 Å². The van der Waals surface area contributed by atoms with Crippen LogP contribution in [-0.4, -0.2) is 5.91 Å². The number of anilines is 1. The number of fused-ring (bicyclic) bond motifs is 1. The lowest BCUT2D eigenvalue weighted by atomic mass is 9.96. The molecule has 0 saturated carbocycles. The number of halogens is 1. The summed E-state index contributed by atoms with van der Waals surface area (Å²) in [4.78, 5) is 13.5. The van der Waals surface area contributed by atoms with E-state index in [2.05, 4.69) is 11.4 Å². The van der Waals surface area contributed by atoms with Gasteiger partial charge in [-0.1, -0.05) is 29.8 Å². The van der Waals surface area contributed by atoms with E-state index < -0.39 is 0 Å². The molecular weight excluding hydrogens is 316 g/mol. The molecule has 0 fully saturated rings. The number of carbonyl (C=O) groups is 1. The normalized spacial score (nSPS) is 13.3. The number of thiophene rings is 1. The number of nitrogens with zero attached hydrogens (tertiary/aromatic N) is 1. The van der Waals surface area contributed by atoms with E-state index >= 15 is 0 Å². The summed E-state index contributed by atoms with van der Waals surface area (Å²) in [7, 11) is 0. The second kappa shape index (κ2) is 6.51. The third-order valence-electron chi connectivity index (χ3n) is 3.84. The van der Waals surface area contributed by atoms with Gasteiger partial charge in [0.25, 0.3) is 0 Å². The molecule has 2 aromatic rings. The van der Waals surface area contributed by atoms with Gasteiger partial charge >= 0.3 is 0 Å². The molecule has 3 rings (SSSR count). The molecule has 0 radical (unpaired) electrons. The maximum Gasteiger partial charge on any atom is 0.229 e. The number of rotatable bonds is 3. The summed E-state index contributed by atoms with van der Waals surface area (Å²) in [6, 6.07) is 9.56. The molecule has 112 valence electrons. The van der Waals surface area contributed by atoms with E-state index in [0.29, 0.717) is 15.6 Å². The van der Waals surface area contributed by atoms with Gasteiger partial charge in [-0.2, -0.15) is 5.26 Å². The zero-order valence-corrected chi connectivity index (χ0v) is 13.6. The lowest BCUT2D eigenvalue weighted by molar-refractivity contribution is -0.115. The Hall–Kier alpha value is -1.83. The molecule has 3 nitrogen and oxygen atoms in total. The first-order valence-electron chi connectivity index (χ1n) is 7.27. The summed E-state index contributed by atoms with van der Waals surface area (Å²) in [5.74, 6) is -0.136. The van der Waals surface area contributed by atoms with Gasteiger partial charge in [-0.05, 0) is 42.9 Å². The van der Waals surface area contributed by atoms with Crippen LogP contribution in [0.25, 0.3) is 0 Å². The molecule has 1 amide bonds. The highest BCUT2D eigenvalue weighted by Crippen LogP contribution is 2.37. The lowest BCUT2D eigenvalue weighted by Crippen LogP contribution is -2.14. The predicted octanol–water partition coefficient (Wildman–Crippen LogP) is 4.33. The van der Waals surface area contributed by atoms with Gasteiger partial charge in [0.05, 0.1) is 12.0 Å². The smallest absolute Gasteiger partial charge is 0.229 e. The summed E-state index contributed by atoms with van der Waals surface area (Å²) in [6.07, 6.45) is 4.44. The Morgan fingerprint density at radius 2 is 2.09 bits per heavy atom. The summed E-state index contributed by atoms with van der Waals surface area (Å²) in [6.45, 7) is 0. The van der Waals surface area contributed by atoms with Crippen LogP contribution in [0, 0.1) is 11.3 Å². The average molecular weight is 331 g/mol. The maximum absolute atomic E-state index is 12.2. The van der Waals surface area contributed by atoms with E-state index in [0.717, 1.165) is 36.8 Å². The van der Waals surface area contributed by atoms with Crippen molar-refractivity contribution < 1.29 is 4.79 Å². The molecule has 0 unspecified atom stereocenters. The molecule has 0 aliphatic heterocycles. The standard InChI is InChI=1S/C17H15ClN2OS/c18-14-7-3-1-5-11(14)9-16(21)20-17-13(10-19)12-6-2-4-8-15(12)22-17/h1,3,5,7H,2,4,6,8-9H2,(H,20,21). The van der Waals surface area contributed by atoms with Crippen LogP contribution in [0.2, 0.25) is 5.02 Å². The molecule has 0 bridgehead atoms. The fraction of sp³-hybridized carbons (Fsp3) is 0.294. The molecule has 0 spiro atoms. The maximum atomic E-state index is 12.2. The topological polar surface area (TPSA) is 52.9 Å².